The van der Waals surface area contributed by atoms with Gasteiger partial charge in [0, 0.05) is 13.1 Å². The molecule has 2 nitrogen and oxygen atoms in total. The quantitative estimate of drug-likeness (QED) is 0.858. The van der Waals surface area contributed by atoms with Crippen LogP contribution in [0.15, 0.2) is 24.3 Å². The highest BCUT2D eigenvalue weighted by Crippen LogP contribution is 2.26. The van der Waals surface area contributed by atoms with Crippen molar-refractivity contribution in [1.29, 1.82) is 0 Å². The summed E-state index contributed by atoms with van der Waals surface area (Å²) in [6.07, 6.45) is 2.67. The number of hydrogen-bond acceptors (Lipinski definition) is 2. The molecule has 1 aromatic rings. The SMILES string of the molecule is CCNCc1cccc(C2CCCN(C)C2)c1. The maximum Gasteiger partial charge on any atom is 0.0205 e. The summed E-state index contributed by atoms with van der Waals surface area (Å²) in [6.45, 7) is 6.65. The van der Waals surface area contributed by atoms with Crippen molar-refractivity contribution in [2.24, 2.45) is 0 Å². The molecule has 1 heterocycles. The van der Waals surface area contributed by atoms with E-state index in [2.05, 4.69) is 48.5 Å². The molecule has 17 heavy (non-hydrogen) atoms. The molecule has 0 spiro atoms. The zero-order chi connectivity index (χ0) is 12.1. The van der Waals surface area contributed by atoms with E-state index in [9.17, 15) is 0 Å². The Kier molecular flexibility index (Phi) is 4.57. The van der Waals surface area contributed by atoms with Gasteiger partial charge in [0.05, 0.1) is 0 Å². The molecule has 1 unspecified atom stereocenters. The molecule has 0 amide bonds. The molecule has 0 bridgehead atoms. The zero-order valence-corrected chi connectivity index (χ0v) is 11.1. The van der Waals surface area contributed by atoms with E-state index in [0.717, 1.165) is 19.0 Å². The van der Waals surface area contributed by atoms with Gasteiger partial charge in [-0.15, -0.1) is 0 Å². The van der Waals surface area contributed by atoms with E-state index in [1.54, 1.807) is 0 Å². The van der Waals surface area contributed by atoms with Gasteiger partial charge in [0.15, 0.2) is 0 Å². The van der Waals surface area contributed by atoms with Crippen LogP contribution in [0, 0.1) is 0 Å². The first kappa shape index (κ1) is 12.6. The fourth-order valence-electron chi connectivity index (χ4n) is 2.66. The van der Waals surface area contributed by atoms with Crippen molar-refractivity contribution in [3.05, 3.63) is 35.4 Å². The Morgan fingerprint density at radius 2 is 2.29 bits per heavy atom. The molecule has 1 aromatic carbocycles. The fraction of sp³-hybridized carbons (Fsp3) is 0.600. The van der Waals surface area contributed by atoms with Crippen LogP contribution in [0.5, 0.6) is 0 Å². The third-order valence-corrected chi connectivity index (χ3v) is 3.63. The average molecular weight is 232 g/mol. The van der Waals surface area contributed by atoms with Crippen LogP contribution in [0.1, 0.15) is 36.8 Å². The van der Waals surface area contributed by atoms with Gasteiger partial charge in [0.25, 0.3) is 0 Å². The van der Waals surface area contributed by atoms with Crippen LogP contribution in [0.4, 0.5) is 0 Å². The first-order valence-electron chi connectivity index (χ1n) is 6.77. The molecule has 1 aliphatic rings. The van der Waals surface area contributed by atoms with Crippen LogP contribution in [-0.4, -0.2) is 31.6 Å². The van der Waals surface area contributed by atoms with Gasteiger partial charge in [-0.25, -0.2) is 0 Å². The molecule has 1 fully saturated rings. The molecular weight excluding hydrogens is 208 g/mol. The van der Waals surface area contributed by atoms with Gasteiger partial charge in [0.2, 0.25) is 0 Å². The van der Waals surface area contributed by atoms with Crippen molar-refractivity contribution in [2.45, 2.75) is 32.2 Å². The summed E-state index contributed by atoms with van der Waals surface area (Å²) >= 11 is 0. The lowest BCUT2D eigenvalue weighted by Gasteiger charge is -2.30. The molecule has 1 aliphatic heterocycles. The first-order valence-corrected chi connectivity index (χ1v) is 6.77. The highest BCUT2D eigenvalue weighted by molar-refractivity contribution is 5.27. The Bertz CT molecular complexity index is 349. The van der Waals surface area contributed by atoms with Crippen LogP contribution in [0.2, 0.25) is 0 Å². The van der Waals surface area contributed by atoms with Gasteiger partial charge in [0.1, 0.15) is 0 Å². The Morgan fingerprint density at radius 1 is 1.41 bits per heavy atom. The molecule has 2 heteroatoms. The monoisotopic (exact) mass is 232 g/mol. The minimum Gasteiger partial charge on any atom is -0.313 e. The van der Waals surface area contributed by atoms with E-state index in [1.165, 1.54) is 37.1 Å². The number of nitrogens with zero attached hydrogens (tertiary/aromatic N) is 1. The lowest BCUT2D eigenvalue weighted by Crippen LogP contribution is -2.30. The smallest absolute Gasteiger partial charge is 0.0205 e. The fourth-order valence-corrected chi connectivity index (χ4v) is 2.66. The maximum absolute atomic E-state index is 3.39. The standard InChI is InChI=1S/C15H24N2/c1-3-16-11-13-6-4-7-14(10-13)15-8-5-9-17(2)12-15/h4,6-7,10,15-16H,3,5,8-9,11-12H2,1-2H3. The average Bonchev–Trinajstić information content (AvgIpc) is 2.37. The second kappa shape index (κ2) is 6.18. The van der Waals surface area contributed by atoms with Crippen LogP contribution in [-0.2, 0) is 6.54 Å². The van der Waals surface area contributed by atoms with E-state index in [1.807, 2.05) is 0 Å². The molecular formula is C15H24N2. The van der Waals surface area contributed by atoms with Gasteiger partial charge in [-0.05, 0) is 50.0 Å². The number of likely N-dealkylation sites (N-methyl/N-ethyl adjacent to an activating group) is 1. The molecule has 94 valence electrons. The van der Waals surface area contributed by atoms with Gasteiger partial charge in [-0.2, -0.15) is 0 Å². The van der Waals surface area contributed by atoms with Gasteiger partial charge in [-0.3, -0.25) is 0 Å². The predicted octanol–water partition coefficient (Wildman–Crippen LogP) is 2.61. The van der Waals surface area contributed by atoms with Crippen molar-refractivity contribution in [1.82, 2.24) is 10.2 Å². The lowest BCUT2D eigenvalue weighted by atomic mass is 9.90. The summed E-state index contributed by atoms with van der Waals surface area (Å²) in [7, 11) is 2.23. The first-order chi connectivity index (χ1) is 8.29. The van der Waals surface area contributed by atoms with Crippen LogP contribution < -0.4 is 5.32 Å². The van der Waals surface area contributed by atoms with Crippen molar-refractivity contribution in [3.8, 4) is 0 Å². The predicted molar refractivity (Wildman–Crippen MR) is 73.3 cm³/mol. The number of benzene rings is 1. The topological polar surface area (TPSA) is 15.3 Å². The number of rotatable bonds is 4. The van der Waals surface area contributed by atoms with Gasteiger partial charge in [-0.1, -0.05) is 31.2 Å². The van der Waals surface area contributed by atoms with Crippen molar-refractivity contribution < 1.29 is 0 Å². The summed E-state index contributed by atoms with van der Waals surface area (Å²) in [4.78, 5) is 2.45. The third-order valence-electron chi connectivity index (χ3n) is 3.63. The largest absolute Gasteiger partial charge is 0.313 e. The number of nitrogens with one attached hydrogen (secondary N) is 1. The summed E-state index contributed by atoms with van der Waals surface area (Å²) < 4.78 is 0. The minimum atomic E-state index is 0.732. The minimum absolute atomic E-state index is 0.732. The third kappa shape index (κ3) is 3.55. The van der Waals surface area contributed by atoms with Gasteiger partial charge < -0.3 is 10.2 Å². The maximum atomic E-state index is 3.39. The molecule has 1 atom stereocenters. The second-order valence-electron chi connectivity index (χ2n) is 5.13. The molecule has 1 saturated heterocycles. The molecule has 0 aromatic heterocycles. The van der Waals surface area contributed by atoms with E-state index < -0.39 is 0 Å². The summed E-state index contributed by atoms with van der Waals surface area (Å²) in [5.74, 6) is 0.732. The molecule has 0 radical (unpaired) electrons. The van der Waals surface area contributed by atoms with Crippen molar-refractivity contribution in [3.63, 3.8) is 0 Å². The summed E-state index contributed by atoms with van der Waals surface area (Å²) in [5.41, 5.74) is 2.93. The Labute approximate surface area is 105 Å². The highest BCUT2D eigenvalue weighted by Gasteiger charge is 2.18. The van der Waals surface area contributed by atoms with E-state index >= 15 is 0 Å². The Morgan fingerprint density at radius 3 is 3.06 bits per heavy atom. The van der Waals surface area contributed by atoms with Gasteiger partial charge >= 0.3 is 0 Å². The van der Waals surface area contributed by atoms with E-state index in [-0.39, 0.29) is 0 Å². The highest BCUT2D eigenvalue weighted by atomic mass is 15.1. The van der Waals surface area contributed by atoms with Crippen LogP contribution in [0.3, 0.4) is 0 Å². The van der Waals surface area contributed by atoms with E-state index in [0.29, 0.717) is 0 Å². The Balaban J connectivity index is 2.04. The number of piperidine rings is 1. The summed E-state index contributed by atoms with van der Waals surface area (Å²) in [5, 5.41) is 3.39. The van der Waals surface area contributed by atoms with Crippen LogP contribution in [0.25, 0.3) is 0 Å². The lowest BCUT2D eigenvalue weighted by molar-refractivity contribution is 0.251. The molecule has 1 N–H and O–H groups in total. The second-order valence-corrected chi connectivity index (χ2v) is 5.13. The van der Waals surface area contributed by atoms with Crippen LogP contribution >= 0.6 is 0 Å². The molecule has 0 aliphatic carbocycles. The van der Waals surface area contributed by atoms with Crippen molar-refractivity contribution in [2.75, 3.05) is 26.7 Å². The molecule has 2 rings (SSSR count). The number of likely N-dealkylation sites (tertiary alicyclic amines) is 1. The molecule has 0 saturated carbocycles. The zero-order valence-electron chi connectivity index (χ0n) is 11.1. The van der Waals surface area contributed by atoms with E-state index in [4.69, 9.17) is 0 Å². The number of hydrogen-bond donors (Lipinski definition) is 1. The normalized spacial score (nSPS) is 21.6. The Hall–Kier alpha value is -0.860. The van der Waals surface area contributed by atoms with Crippen molar-refractivity contribution >= 4 is 0 Å². The summed E-state index contributed by atoms with van der Waals surface area (Å²) in [6, 6.07) is 9.10.